The van der Waals surface area contributed by atoms with Gasteiger partial charge in [-0.25, -0.2) is 0 Å². The molecule has 7 nitrogen and oxygen atoms in total. The van der Waals surface area contributed by atoms with Crippen LogP contribution in [0.3, 0.4) is 0 Å². The van der Waals surface area contributed by atoms with Gasteiger partial charge in [-0.15, -0.1) is 20.4 Å². The summed E-state index contributed by atoms with van der Waals surface area (Å²) in [5, 5.41) is 18.0. The predicted octanol–water partition coefficient (Wildman–Crippen LogP) is 5.74. The van der Waals surface area contributed by atoms with Crippen LogP contribution in [0.25, 0.3) is 28.5 Å². The van der Waals surface area contributed by atoms with E-state index in [0.29, 0.717) is 11.8 Å². The molecule has 8 heteroatoms. The van der Waals surface area contributed by atoms with E-state index in [4.69, 9.17) is 8.83 Å². The second-order valence-electron chi connectivity index (χ2n) is 6.94. The largest absolute Gasteiger partial charge is 0.469 e. The van der Waals surface area contributed by atoms with Crippen LogP contribution in [0.1, 0.15) is 23.8 Å². The molecule has 3 aromatic heterocycles. The lowest BCUT2D eigenvalue weighted by molar-refractivity contribution is 0.509. The molecule has 0 aliphatic heterocycles. The Bertz CT molecular complexity index is 1290. The van der Waals surface area contributed by atoms with Crippen molar-refractivity contribution in [1.29, 1.82) is 0 Å². The normalized spacial score (nSPS) is 12.2. The highest BCUT2D eigenvalue weighted by Crippen LogP contribution is 2.37. The number of hydrogen-bond donors (Lipinski definition) is 0. The van der Waals surface area contributed by atoms with Gasteiger partial charge >= 0.3 is 0 Å². The Hall–Kier alpha value is -3.65. The van der Waals surface area contributed by atoms with Crippen molar-refractivity contribution in [3.8, 4) is 28.5 Å². The molecule has 1 unspecified atom stereocenters. The van der Waals surface area contributed by atoms with Gasteiger partial charge in [-0.3, -0.25) is 4.57 Å². The van der Waals surface area contributed by atoms with Gasteiger partial charge in [-0.1, -0.05) is 48.2 Å². The Kier molecular flexibility index (Phi) is 5.13. The summed E-state index contributed by atoms with van der Waals surface area (Å²) >= 11 is 1.51. The van der Waals surface area contributed by atoms with Crippen molar-refractivity contribution in [3.05, 3.63) is 84.6 Å². The molecule has 0 spiro atoms. The summed E-state index contributed by atoms with van der Waals surface area (Å²) in [4.78, 5) is 0. The fourth-order valence-electron chi connectivity index (χ4n) is 3.25. The van der Waals surface area contributed by atoms with E-state index in [1.165, 1.54) is 11.8 Å². The van der Waals surface area contributed by atoms with Crippen LogP contribution in [0.4, 0.5) is 0 Å². The zero-order chi connectivity index (χ0) is 21.2. The van der Waals surface area contributed by atoms with Crippen molar-refractivity contribution in [2.75, 3.05) is 0 Å². The molecule has 154 valence electrons. The van der Waals surface area contributed by atoms with Gasteiger partial charge in [-0.2, -0.15) is 0 Å². The lowest BCUT2D eigenvalue weighted by Crippen LogP contribution is -2.01. The molecular weight excluding hydrogens is 410 g/mol. The molecule has 0 saturated heterocycles. The van der Waals surface area contributed by atoms with E-state index in [1.54, 1.807) is 6.26 Å². The second kappa shape index (κ2) is 8.23. The Morgan fingerprint density at radius 2 is 1.61 bits per heavy atom. The number of aryl methyl sites for hydroxylation is 1. The maximum absolute atomic E-state index is 5.93. The minimum Gasteiger partial charge on any atom is -0.469 e. The van der Waals surface area contributed by atoms with Crippen LogP contribution < -0.4 is 0 Å². The molecule has 31 heavy (non-hydrogen) atoms. The first-order valence-electron chi connectivity index (χ1n) is 9.81. The molecule has 0 aliphatic carbocycles. The molecule has 0 N–H and O–H groups in total. The lowest BCUT2D eigenvalue weighted by Gasteiger charge is -2.11. The van der Waals surface area contributed by atoms with Crippen LogP contribution in [0.5, 0.6) is 0 Å². The Morgan fingerprint density at radius 3 is 2.32 bits per heavy atom. The first-order chi connectivity index (χ1) is 15.2. The van der Waals surface area contributed by atoms with E-state index in [2.05, 4.69) is 20.4 Å². The zero-order valence-electron chi connectivity index (χ0n) is 17.0. The third-order valence-corrected chi connectivity index (χ3v) is 5.87. The molecule has 0 bridgehead atoms. The van der Waals surface area contributed by atoms with Gasteiger partial charge in [0, 0.05) is 11.3 Å². The standard InChI is InChI=1S/C23H19N5O2S/c1-15-19(13-14-29-15)20-24-27-23(28(20)18-11-7-4-8-12-18)31-16(2)21-25-26-22(30-21)17-9-5-3-6-10-17/h3-14,16H,1-2H3. The van der Waals surface area contributed by atoms with Crippen molar-refractivity contribution in [3.63, 3.8) is 0 Å². The molecule has 0 radical (unpaired) electrons. The molecule has 0 amide bonds. The minimum atomic E-state index is -0.116. The Labute approximate surface area is 183 Å². The van der Waals surface area contributed by atoms with Crippen LogP contribution in [0.2, 0.25) is 0 Å². The van der Waals surface area contributed by atoms with Crippen LogP contribution in [-0.4, -0.2) is 25.0 Å². The number of aromatic nitrogens is 5. The summed E-state index contributed by atoms with van der Waals surface area (Å²) in [6.45, 7) is 3.93. The molecule has 2 aromatic carbocycles. The predicted molar refractivity (Wildman–Crippen MR) is 118 cm³/mol. The van der Waals surface area contributed by atoms with Gasteiger partial charge in [-0.05, 0) is 44.2 Å². The third-order valence-electron chi connectivity index (χ3n) is 4.84. The summed E-state index contributed by atoms with van der Waals surface area (Å²) < 4.78 is 13.4. The van der Waals surface area contributed by atoms with Gasteiger partial charge in [0.05, 0.1) is 17.1 Å². The van der Waals surface area contributed by atoms with Crippen LogP contribution in [0.15, 0.2) is 87.0 Å². The average molecular weight is 430 g/mol. The van der Waals surface area contributed by atoms with E-state index >= 15 is 0 Å². The number of furan rings is 1. The molecule has 3 heterocycles. The molecule has 0 fully saturated rings. The minimum absolute atomic E-state index is 0.116. The number of para-hydroxylation sites is 1. The molecule has 0 aliphatic rings. The van der Waals surface area contributed by atoms with Gasteiger partial charge in [0.15, 0.2) is 11.0 Å². The van der Waals surface area contributed by atoms with Crippen LogP contribution in [-0.2, 0) is 0 Å². The summed E-state index contributed by atoms with van der Waals surface area (Å²) in [7, 11) is 0. The second-order valence-corrected chi connectivity index (χ2v) is 8.25. The first kappa shape index (κ1) is 19.3. The highest BCUT2D eigenvalue weighted by Gasteiger charge is 2.23. The maximum Gasteiger partial charge on any atom is 0.247 e. The molecule has 5 rings (SSSR count). The number of benzene rings is 2. The fourth-order valence-corrected chi connectivity index (χ4v) is 4.15. The molecular formula is C23H19N5O2S. The number of hydrogen-bond acceptors (Lipinski definition) is 7. The monoisotopic (exact) mass is 429 g/mol. The average Bonchev–Trinajstić information content (AvgIpc) is 3.54. The van der Waals surface area contributed by atoms with Crippen LogP contribution in [0, 0.1) is 6.92 Å². The van der Waals surface area contributed by atoms with E-state index in [9.17, 15) is 0 Å². The van der Waals surface area contributed by atoms with Gasteiger partial charge in [0.25, 0.3) is 0 Å². The topological polar surface area (TPSA) is 82.8 Å². The molecule has 0 saturated carbocycles. The summed E-state index contributed by atoms with van der Waals surface area (Å²) in [5.41, 5.74) is 2.76. The smallest absolute Gasteiger partial charge is 0.247 e. The lowest BCUT2D eigenvalue weighted by atomic mass is 10.2. The van der Waals surface area contributed by atoms with Crippen molar-refractivity contribution >= 4 is 11.8 Å². The quantitative estimate of drug-likeness (QED) is 0.318. The fraction of sp³-hybridized carbons (Fsp3) is 0.130. The van der Waals surface area contributed by atoms with E-state index in [0.717, 1.165) is 33.6 Å². The summed E-state index contributed by atoms with van der Waals surface area (Å²) in [6.07, 6.45) is 1.66. The highest BCUT2D eigenvalue weighted by atomic mass is 32.2. The Morgan fingerprint density at radius 1 is 0.871 bits per heavy atom. The third kappa shape index (κ3) is 3.77. The van der Waals surface area contributed by atoms with Gasteiger partial charge in [0.1, 0.15) is 5.76 Å². The van der Waals surface area contributed by atoms with Crippen molar-refractivity contribution in [1.82, 2.24) is 25.0 Å². The van der Waals surface area contributed by atoms with Crippen LogP contribution >= 0.6 is 11.8 Å². The number of rotatable bonds is 6. The van der Waals surface area contributed by atoms with E-state index in [-0.39, 0.29) is 5.25 Å². The van der Waals surface area contributed by atoms with E-state index < -0.39 is 0 Å². The van der Waals surface area contributed by atoms with Crippen molar-refractivity contribution < 1.29 is 8.83 Å². The highest BCUT2D eigenvalue weighted by molar-refractivity contribution is 7.99. The maximum atomic E-state index is 5.93. The number of thioether (sulfide) groups is 1. The Balaban J connectivity index is 1.49. The van der Waals surface area contributed by atoms with Crippen molar-refractivity contribution in [2.45, 2.75) is 24.3 Å². The summed E-state index contributed by atoms with van der Waals surface area (Å²) in [6, 6.07) is 21.6. The van der Waals surface area contributed by atoms with Gasteiger partial charge in [0.2, 0.25) is 11.8 Å². The van der Waals surface area contributed by atoms with Crippen molar-refractivity contribution in [2.24, 2.45) is 0 Å². The zero-order valence-corrected chi connectivity index (χ0v) is 17.8. The SMILES string of the molecule is Cc1occc1-c1nnc(SC(C)c2nnc(-c3ccccc3)o2)n1-c1ccccc1. The van der Waals surface area contributed by atoms with E-state index in [1.807, 2.05) is 85.1 Å². The summed E-state index contributed by atoms with van der Waals surface area (Å²) in [5.74, 6) is 2.55. The van der Waals surface area contributed by atoms with Gasteiger partial charge < -0.3 is 8.83 Å². The molecule has 5 aromatic rings. The number of nitrogens with zero attached hydrogens (tertiary/aromatic N) is 5. The molecule has 1 atom stereocenters. The first-order valence-corrected chi connectivity index (χ1v) is 10.7.